The van der Waals surface area contributed by atoms with E-state index >= 15 is 0 Å². The largest absolute Gasteiger partial charge is 0.351 e. The van der Waals surface area contributed by atoms with Gasteiger partial charge in [0.15, 0.2) is 0 Å². The molecular weight excluding hydrogens is 282 g/mol. The van der Waals surface area contributed by atoms with Crippen molar-refractivity contribution in [1.29, 1.82) is 0 Å². The molecule has 9 heteroatoms. The van der Waals surface area contributed by atoms with E-state index < -0.39 is 26.7 Å². The number of hydrogen-bond acceptors (Lipinski definition) is 4. The van der Waals surface area contributed by atoms with E-state index in [1.807, 2.05) is 0 Å². The molecule has 1 aromatic rings. The molecule has 0 heterocycles. The molecule has 0 bridgehead atoms. The van der Waals surface area contributed by atoms with Crippen LogP contribution in [-0.2, 0) is 27.0 Å². The molecule has 1 aromatic carbocycles. The van der Waals surface area contributed by atoms with Crippen LogP contribution in [0.1, 0.15) is 12.5 Å². The summed E-state index contributed by atoms with van der Waals surface area (Å²) < 4.78 is 61.1. The number of hydrogen-bond donors (Lipinski definition) is 2. The first kappa shape index (κ1) is 15.1. The molecular formula is C9H13NO6S2. The van der Waals surface area contributed by atoms with Crippen molar-refractivity contribution in [3.8, 4) is 0 Å². The van der Waals surface area contributed by atoms with Crippen LogP contribution in [0.2, 0.25) is 0 Å². The van der Waals surface area contributed by atoms with Crippen molar-refractivity contribution in [2.75, 3.05) is 0 Å². The summed E-state index contributed by atoms with van der Waals surface area (Å²) in [7, 11) is -10.1. The Morgan fingerprint density at radius 1 is 1.06 bits per heavy atom. The maximum atomic E-state index is 11.0. The lowest BCUT2D eigenvalue weighted by Gasteiger charge is -2.21. The molecule has 0 aliphatic heterocycles. The van der Waals surface area contributed by atoms with Crippen molar-refractivity contribution in [3.05, 3.63) is 35.9 Å². The van der Waals surface area contributed by atoms with Gasteiger partial charge in [-0.2, -0.15) is 16.8 Å². The molecule has 1 atom stereocenters. The first-order chi connectivity index (χ1) is 8.12. The van der Waals surface area contributed by atoms with Crippen molar-refractivity contribution in [1.82, 2.24) is 3.71 Å². The van der Waals surface area contributed by atoms with E-state index in [0.29, 0.717) is 5.56 Å². The third-order valence-corrected chi connectivity index (χ3v) is 4.95. The van der Waals surface area contributed by atoms with Crippen LogP contribution >= 0.6 is 0 Å². The van der Waals surface area contributed by atoms with Crippen molar-refractivity contribution >= 4 is 20.6 Å². The molecule has 0 radical (unpaired) electrons. The van der Waals surface area contributed by atoms with E-state index in [-0.39, 0.29) is 10.1 Å². The maximum absolute atomic E-state index is 11.0. The van der Waals surface area contributed by atoms with Crippen molar-refractivity contribution < 1.29 is 25.9 Å². The van der Waals surface area contributed by atoms with E-state index in [1.54, 1.807) is 30.3 Å². The zero-order chi connectivity index (χ0) is 14.0. The summed E-state index contributed by atoms with van der Waals surface area (Å²) in [6.07, 6.45) is 0.0282. The van der Waals surface area contributed by atoms with Crippen LogP contribution in [0.25, 0.3) is 0 Å². The molecule has 0 fully saturated rings. The number of benzene rings is 1. The molecule has 0 spiro atoms. The topological polar surface area (TPSA) is 112 Å². The molecule has 7 nitrogen and oxygen atoms in total. The highest BCUT2D eigenvalue weighted by Crippen LogP contribution is 2.15. The second-order valence-corrected chi connectivity index (χ2v) is 6.53. The third-order valence-electron chi connectivity index (χ3n) is 2.19. The summed E-state index contributed by atoms with van der Waals surface area (Å²) in [5, 5.41) is 0. The Morgan fingerprint density at radius 2 is 1.50 bits per heavy atom. The summed E-state index contributed by atoms with van der Waals surface area (Å²) in [4.78, 5) is 0. The standard InChI is InChI=1S/C9H13NO6S2/c1-8(7-9-5-3-2-4-6-9)10(17(11,12)13)18(14,15)16/h2-6,8H,7H2,1H3,(H,11,12,13)(H,14,15,16). The Balaban J connectivity index is 3.03. The summed E-state index contributed by atoms with van der Waals surface area (Å²) in [6.45, 7) is 1.26. The molecule has 102 valence electrons. The quantitative estimate of drug-likeness (QED) is 0.766. The Labute approximate surface area is 106 Å². The molecule has 1 rings (SSSR count). The van der Waals surface area contributed by atoms with E-state index in [4.69, 9.17) is 9.11 Å². The minimum Gasteiger partial charge on any atom is -0.273 e. The Bertz CT molecular complexity index is 563. The monoisotopic (exact) mass is 295 g/mol. The normalized spacial score (nSPS) is 14.7. The fraction of sp³-hybridized carbons (Fsp3) is 0.333. The maximum Gasteiger partial charge on any atom is 0.351 e. The first-order valence-electron chi connectivity index (χ1n) is 4.90. The van der Waals surface area contributed by atoms with Crippen molar-refractivity contribution in [3.63, 3.8) is 0 Å². The average molecular weight is 295 g/mol. The van der Waals surface area contributed by atoms with Gasteiger partial charge in [0.25, 0.3) is 0 Å². The van der Waals surface area contributed by atoms with Gasteiger partial charge in [0.05, 0.1) is 0 Å². The van der Waals surface area contributed by atoms with Crippen LogP contribution in [-0.4, -0.2) is 35.7 Å². The average Bonchev–Trinajstić information content (AvgIpc) is 2.13. The molecule has 0 aliphatic rings. The van der Waals surface area contributed by atoms with Gasteiger partial charge in [0.2, 0.25) is 0 Å². The molecule has 1 unspecified atom stereocenters. The predicted octanol–water partition coefficient (Wildman–Crippen LogP) is 0.525. The Morgan fingerprint density at radius 3 is 1.89 bits per heavy atom. The van der Waals surface area contributed by atoms with Crippen LogP contribution in [0.5, 0.6) is 0 Å². The van der Waals surface area contributed by atoms with Gasteiger partial charge >= 0.3 is 20.6 Å². The van der Waals surface area contributed by atoms with Gasteiger partial charge in [-0.3, -0.25) is 9.11 Å². The van der Waals surface area contributed by atoms with Crippen LogP contribution in [0, 0.1) is 0 Å². The fourth-order valence-electron chi connectivity index (χ4n) is 1.60. The van der Waals surface area contributed by atoms with Crippen LogP contribution in [0.4, 0.5) is 0 Å². The Kier molecular flexibility index (Phi) is 4.46. The molecule has 0 amide bonds. The second kappa shape index (κ2) is 5.33. The predicted molar refractivity (Wildman–Crippen MR) is 64.5 cm³/mol. The van der Waals surface area contributed by atoms with E-state index in [0.717, 1.165) is 0 Å². The summed E-state index contributed by atoms with van der Waals surface area (Å²) in [5.41, 5.74) is 0.669. The summed E-state index contributed by atoms with van der Waals surface area (Å²) in [5.74, 6) is 0. The molecule has 2 N–H and O–H groups in total. The van der Waals surface area contributed by atoms with Gasteiger partial charge in [0, 0.05) is 6.04 Å². The van der Waals surface area contributed by atoms with E-state index in [2.05, 4.69) is 0 Å². The van der Waals surface area contributed by atoms with Crippen LogP contribution < -0.4 is 0 Å². The minimum atomic E-state index is -5.05. The Hall–Kier alpha value is -1.00. The zero-order valence-corrected chi connectivity index (χ0v) is 11.1. The summed E-state index contributed by atoms with van der Waals surface area (Å²) in [6, 6.07) is 7.35. The van der Waals surface area contributed by atoms with Crippen molar-refractivity contribution in [2.45, 2.75) is 19.4 Å². The number of nitrogens with zero attached hydrogens (tertiary/aromatic N) is 1. The minimum absolute atomic E-state index is 0.0282. The first-order valence-corrected chi connectivity index (χ1v) is 7.70. The lowest BCUT2D eigenvalue weighted by atomic mass is 10.1. The highest BCUT2D eigenvalue weighted by Gasteiger charge is 2.36. The SMILES string of the molecule is CC(Cc1ccccc1)N(S(=O)(=O)O)S(=O)(=O)O. The van der Waals surface area contributed by atoms with Crippen LogP contribution in [0.15, 0.2) is 30.3 Å². The lowest BCUT2D eigenvalue weighted by Crippen LogP contribution is -2.43. The molecule has 0 aromatic heterocycles. The van der Waals surface area contributed by atoms with E-state index in [9.17, 15) is 16.8 Å². The smallest absolute Gasteiger partial charge is 0.273 e. The lowest BCUT2D eigenvalue weighted by molar-refractivity contribution is 0.348. The third kappa shape index (κ3) is 4.03. The highest BCUT2D eigenvalue weighted by molar-refractivity contribution is 7.98. The molecule has 18 heavy (non-hydrogen) atoms. The van der Waals surface area contributed by atoms with Crippen LogP contribution in [0.3, 0.4) is 0 Å². The number of rotatable bonds is 5. The molecule has 0 saturated heterocycles. The van der Waals surface area contributed by atoms with Gasteiger partial charge in [-0.15, -0.1) is 0 Å². The summed E-state index contributed by atoms with van der Waals surface area (Å²) >= 11 is 0. The van der Waals surface area contributed by atoms with Gasteiger partial charge in [-0.1, -0.05) is 30.3 Å². The highest BCUT2D eigenvalue weighted by atomic mass is 32.3. The molecule has 0 saturated carbocycles. The van der Waals surface area contributed by atoms with Crippen molar-refractivity contribution in [2.24, 2.45) is 0 Å². The zero-order valence-electron chi connectivity index (χ0n) is 9.46. The van der Waals surface area contributed by atoms with Gasteiger partial charge < -0.3 is 0 Å². The van der Waals surface area contributed by atoms with Gasteiger partial charge in [-0.05, 0) is 22.6 Å². The fourth-order valence-corrected chi connectivity index (χ4v) is 3.61. The van der Waals surface area contributed by atoms with Gasteiger partial charge in [-0.25, -0.2) is 0 Å². The van der Waals surface area contributed by atoms with Gasteiger partial charge in [0.1, 0.15) is 0 Å². The second-order valence-electron chi connectivity index (χ2n) is 3.72. The molecule has 0 aliphatic carbocycles. The van der Waals surface area contributed by atoms with E-state index in [1.165, 1.54) is 6.92 Å².